The van der Waals surface area contributed by atoms with E-state index in [0.29, 0.717) is 30.0 Å². The molecule has 32 heavy (non-hydrogen) atoms. The van der Waals surface area contributed by atoms with Gasteiger partial charge < -0.3 is 14.8 Å². The summed E-state index contributed by atoms with van der Waals surface area (Å²) >= 11 is 1.34. The van der Waals surface area contributed by atoms with Gasteiger partial charge in [-0.05, 0) is 62.9 Å². The zero-order valence-corrected chi connectivity index (χ0v) is 19.8. The van der Waals surface area contributed by atoms with E-state index in [1.807, 2.05) is 68.6 Å². The Morgan fingerprint density at radius 1 is 1.00 bits per heavy atom. The highest BCUT2D eigenvalue weighted by Crippen LogP contribution is 2.37. The topological polar surface area (TPSA) is 64.6 Å². The molecule has 0 aliphatic rings. The van der Waals surface area contributed by atoms with E-state index in [1.54, 1.807) is 6.92 Å². The van der Waals surface area contributed by atoms with Gasteiger partial charge in [-0.2, -0.15) is 0 Å². The van der Waals surface area contributed by atoms with Gasteiger partial charge in [0.25, 0.3) is 0 Å². The first-order valence-electron chi connectivity index (χ1n) is 10.7. The summed E-state index contributed by atoms with van der Waals surface area (Å²) in [7, 11) is 0. The van der Waals surface area contributed by atoms with Crippen LogP contribution in [0, 0.1) is 20.8 Å². The van der Waals surface area contributed by atoms with Gasteiger partial charge in [-0.1, -0.05) is 35.9 Å². The number of anilines is 1. The van der Waals surface area contributed by atoms with E-state index >= 15 is 0 Å². The molecule has 0 radical (unpaired) electrons. The number of aryl methyl sites for hydroxylation is 3. The summed E-state index contributed by atoms with van der Waals surface area (Å²) in [5.74, 6) is 0.202. The molecule has 1 amide bonds. The number of hydrogen-bond acceptors (Lipinski definition) is 5. The maximum absolute atomic E-state index is 12.7. The van der Waals surface area contributed by atoms with E-state index in [2.05, 4.69) is 5.32 Å². The molecule has 6 heteroatoms. The first-order chi connectivity index (χ1) is 15.4. The van der Waals surface area contributed by atoms with Crippen molar-refractivity contribution in [2.45, 2.75) is 40.5 Å². The molecular weight excluding hydrogens is 422 g/mol. The first-order valence-corrected chi connectivity index (χ1v) is 11.6. The molecular formula is C26H29NO4S. The smallest absolute Gasteiger partial charge is 0.341 e. The summed E-state index contributed by atoms with van der Waals surface area (Å²) in [4.78, 5) is 25.2. The third-order valence-electron chi connectivity index (χ3n) is 5.18. The third kappa shape index (κ3) is 5.98. The molecule has 1 heterocycles. The molecule has 0 unspecified atom stereocenters. The molecule has 0 saturated heterocycles. The van der Waals surface area contributed by atoms with Gasteiger partial charge in [-0.3, -0.25) is 4.79 Å². The van der Waals surface area contributed by atoms with Crippen molar-refractivity contribution in [3.8, 4) is 16.9 Å². The van der Waals surface area contributed by atoms with Crippen LogP contribution in [0.2, 0.25) is 0 Å². The molecule has 0 fully saturated rings. The molecule has 0 bridgehead atoms. The van der Waals surface area contributed by atoms with Crippen LogP contribution in [-0.4, -0.2) is 25.1 Å². The molecule has 5 nitrogen and oxygen atoms in total. The van der Waals surface area contributed by atoms with E-state index < -0.39 is 5.97 Å². The number of amides is 1. The summed E-state index contributed by atoms with van der Waals surface area (Å²) in [6.45, 7) is 8.59. The Labute approximate surface area is 193 Å². The lowest BCUT2D eigenvalue weighted by Crippen LogP contribution is -2.15. The number of esters is 1. The van der Waals surface area contributed by atoms with Crippen LogP contribution in [0.15, 0.2) is 47.8 Å². The molecule has 0 aliphatic carbocycles. The Balaban J connectivity index is 1.67. The Morgan fingerprint density at radius 3 is 2.44 bits per heavy atom. The fraction of sp³-hybridized carbons (Fsp3) is 0.308. The predicted molar refractivity (Wildman–Crippen MR) is 130 cm³/mol. The van der Waals surface area contributed by atoms with E-state index in [-0.39, 0.29) is 12.5 Å². The lowest BCUT2D eigenvalue weighted by Gasteiger charge is -2.10. The average Bonchev–Trinajstić information content (AvgIpc) is 3.18. The molecule has 1 aromatic heterocycles. The van der Waals surface area contributed by atoms with E-state index in [9.17, 15) is 9.59 Å². The first kappa shape index (κ1) is 23.5. The van der Waals surface area contributed by atoms with Crippen molar-refractivity contribution in [1.29, 1.82) is 0 Å². The lowest BCUT2D eigenvalue weighted by molar-refractivity contribution is -0.116. The highest BCUT2D eigenvalue weighted by molar-refractivity contribution is 7.15. The highest BCUT2D eigenvalue weighted by Gasteiger charge is 2.23. The van der Waals surface area contributed by atoms with Crippen LogP contribution in [0.3, 0.4) is 0 Å². The summed E-state index contributed by atoms with van der Waals surface area (Å²) in [6.07, 6.45) is 0.870. The second-order valence-corrected chi connectivity index (χ2v) is 8.57. The van der Waals surface area contributed by atoms with Crippen LogP contribution >= 0.6 is 11.3 Å². The minimum atomic E-state index is -0.431. The number of rotatable bonds is 9. The van der Waals surface area contributed by atoms with Crippen molar-refractivity contribution in [3.63, 3.8) is 0 Å². The van der Waals surface area contributed by atoms with Crippen LogP contribution in [0.5, 0.6) is 5.75 Å². The third-order valence-corrected chi connectivity index (χ3v) is 6.07. The fourth-order valence-corrected chi connectivity index (χ4v) is 4.20. The van der Waals surface area contributed by atoms with Crippen molar-refractivity contribution < 1.29 is 19.1 Å². The standard InChI is InChI=1S/C26H29NO4S/c1-5-30-26(29)24-22(20-11-10-18(3)19(4)15-20)16-32-25(24)27-23(28)7-6-14-31-21-12-8-17(2)9-13-21/h8-13,15-16H,5-7,14H2,1-4H3,(H,27,28). The van der Waals surface area contributed by atoms with Gasteiger partial charge in [0.1, 0.15) is 16.3 Å². The van der Waals surface area contributed by atoms with Crippen LogP contribution in [0.4, 0.5) is 5.00 Å². The van der Waals surface area contributed by atoms with Gasteiger partial charge >= 0.3 is 5.97 Å². The normalized spacial score (nSPS) is 10.6. The Kier molecular flexibility index (Phi) is 8.06. The number of hydrogen-bond donors (Lipinski definition) is 1. The van der Waals surface area contributed by atoms with Gasteiger partial charge in [0.15, 0.2) is 0 Å². The van der Waals surface area contributed by atoms with E-state index in [4.69, 9.17) is 9.47 Å². The zero-order chi connectivity index (χ0) is 23.1. The van der Waals surface area contributed by atoms with Crippen LogP contribution < -0.4 is 10.1 Å². The van der Waals surface area contributed by atoms with Crippen molar-refractivity contribution in [1.82, 2.24) is 0 Å². The number of carbonyl (C=O) groups excluding carboxylic acids is 2. The molecule has 0 atom stereocenters. The molecule has 3 rings (SSSR count). The lowest BCUT2D eigenvalue weighted by atomic mass is 9.99. The Bertz CT molecular complexity index is 1090. The summed E-state index contributed by atoms with van der Waals surface area (Å²) in [6, 6.07) is 13.9. The van der Waals surface area contributed by atoms with Gasteiger partial charge in [-0.25, -0.2) is 4.79 Å². The maximum Gasteiger partial charge on any atom is 0.341 e. The molecule has 2 aromatic carbocycles. The summed E-state index contributed by atoms with van der Waals surface area (Å²) < 4.78 is 11.0. The molecule has 0 spiro atoms. The fourth-order valence-electron chi connectivity index (χ4n) is 3.22. The van der Waals surface area contributed by atoms with Crippen molar-refractivity contribution >= 4 is 28.2 Å². The monoisotopic (exact) mass is 451 g/mol. The van der Waals surface area contributed by atoms with Crippen molar-refractivity contribution in [2.75, 3.05) is 18.5 Å². The van der Waals surface area contributed by atoms with Gasteiger partial charge in [0.05, 0.1) is 13.2 Å². The minimum Gasteiger partial charge on any atom is -0.494 e. The van der Waals surface area contributed by atoms with Crippen molar-refractivity contribution in [3.05, 3.63) is 70.1 Å². The largest absolute Gasteiger partial charge is 0.494 e. The van der Waals surface area contributed by atoms with Crippen LogP contribution in [0.1, 0.15) is 46.8 Å². The molecule has 168 valence electrons. The van der Waals surface area contributed by atoms with Crippen LogP contribution in [-0.2, 0) is 9.53 Å². The number of carbonyl (C=O) groups is 2. The van der Waals surface area contributed by atoms with Gasteiger partial charge in [0, 0.05) is 17.4 Å². The van der Waals surface area contributed by atoms with Gasteiger partial charge in [-0.15, -0.1) is 11.3 Å². The number of thiophene rings is 1. The number of nitrogens with one attached hydrogen (secondary N) is 1. The number of benzene rings is 2. The summed E-state index contributed by atoms with van der Waals surface area (Å²) in [5.41, 5.74) is 5.61. The Morgan fingerprint density at radius 2 is 1.75 bits per heavy atom. The van der Waals surface area contributed by atoms with E-state index in [0.717, 1.165) is 22.4 Å². The van der Waals surface area contributed by atoms with Crippen LogP contribution in [0.25, 0.3) is 11.1 Å². The maximum atomic E-state index is 12.7. The molecule has 3 aromatic rings. The quantitative estimate of drug-likeness (QED) is 0.306. The number of ether oxygens (including phenoxy) is 2. The second kappa shape index (κ2) is 11.0. The molecule has 0 saturated carbocycles. The highest BCUT2D eigenvalue weighted by atomic mass is 32.1. The SMILES string of the molecule is CCOC(=O)c1c(-c2ccc(C)c(C)c2)csc1NC(=O)CCCOc1ccc(C)cc1. The predicted octanol–water partition coefficient (Wildman–Crippen LogP) is 6.31. The van der Waals surface area contributed by atoms with Gasteiger partial charge in [0.2, 0.25) is 5.91 Å². The summed E-state index contributed by atoms with van der Waals surface area (Å²) in [5, 5.41) is 5.31. The second-order valence-electron chi connectivity index (χ2n) is 7.69. The van der Waals surface area contributed by atoms with Crippen molar-refractivity contribution in [2.24, 2.45) is 0 Å². The van der Waals surface area contributed by atoms with E-state index in [1.165, 1.54) is 22.5 Å². The average molecular weight is 452 g/mol. The Hall–Kier alpha value is -3.12. The zero-order valence-electron chi connectivity index (χ0n) is 19.0. The minimum absolute atomic E-state index is 0.156. The molecule has 1 N–H and O–H groups in total. The molecule has 0 aliphatic heterocycles.